The molecule has 0 aliphatic carbocycles. The van der Waals surface area contributed by atoms with Gasteiger partial charge in [-0.2, -0.15) is 0 Å². The summed E-state index contributed by atoms with van der Waals surface area (Å²) in [4.78, 5) is 9.92. The number of hydrogen-bond donors (Lipinski definition) is 1. The minimum absolute atomic E-state index is 0.183. The monoisotopic (exact) mass is 142 g/mol. The van der Waals surface area contributed by atoms with Crippen molar-refractivity contribution in [3.05, 3.63) is 24.2 Å². The summed E-state index contributed by atoms with van der Waals surface area (Å²) in [7, 11) is 0. The number of allylic oxidation sites excluding steroid dienone is 2. The summed E-state index contributed by atoms with van der Waals surface area (Å²) in [5.74, 6) is 0.301. The highest BCUT2D eigenvalue weighted by atomic mass is 16.7. The summed E-state index contributed by atoms with van der Waals surface area (Å²) in [6.07, 6.45) is 3.26. The van der Waals surface area contributed by atoms with E-state index in [-0.39, 0.29) is 6.61 Å². The smallest absolute Gasteiger partial charge is 0.493 e. The van der Waals surface area contributed by atoms with Gasteiger partial charge in [0.1, 0.15) is 12.4 Å². The first-order valence-corrected chi connectivity index (χ1v) is 2.67. The van der Waals surface area contributed by atoms with Crippen LogP contribution in [0.4, 0.5) is 4.79 Å². The first-order chi connectivity index (χ1) is 4.79. The molecule has 1 aliphatic heterocycles. The van der Waals surface area contributed by atoms with E-state index in [4.69, 9.17) is 9.84 Å². The molecule has 1 heterocycles. The average molecular weight is 142 g/mol. The summed E-state index contributed by atoms with van der Waals surface area (Å²) in [6.45, 7) is 0.183. The summed E-state index contributed by atoms with van der Waals surface area (Å²) >= 11 is 0. The fourth-order valence-electron chi connectivity index (χ4n) is 0.556. The van der Waals surface area contributed by atoms with Crippen LogP contribution in [0.1, 0.15) is 0 Å². The molecular formula is C6H6O4. The molecule has 54 valence electrons. The maximum absolute atomic E-state index is 9.92. The van der Waals surface area contributed by atoms with E-state index in [0.29, 0.717) is 5.76 Å². The van der Waals surface area contributed by atoms with E-state index in [1.165, 1.54) is 12.3 Å². The van der Waals surface area contributed by atoms with Gasteiger partial charge in [0.25, 0.3) is 0 Å². The van der Waals surface area contributed by atoms with E-state index in [2.05, 4.69) is 4.74 Å². The third-order valence-electron chi connectivity index (χ3n) is 0.901. The molecule has 4 heteroatoms. The Bertz CT molecular complexity index is 192. The van der Waals surface area contributed by atoms with E-state index in [1.54, 1.807) is 6.08 Å². The van der Waals surface area contributed by atoms with Gasteiger partial charge < -0.3 is 14.6 Å². The van der Waals surface area contributed by atoms with Crippen molar-refractivity contribution in [1.29, 1.82) is 0 Å². The van der Waals surface area contributed by atoms with Gasteiger partial charge in [0.2, 0.25) is 0 Å². The predicted octanol–water partition coefficient (Wildman–Crippen LogP) is 1.11. The van der Waals surface area contributed by atoms with Gasteiger partial charge in [0, 0.05) is 0 Å². The quantitative estimate of drug-likeness (QED) is 0.557. The van der Waals surface area contributed by atoms with Gasteiger partial charge in [0.15, 0.2) is 0 Å². The van der Waals surface area contributed by atoms with Gasteiger partial charge in [-0.15, -0.1) is 0 Å². The van der Waals surface area contributed by atoms with E-state index in [0.717, 1.165) is 0 Å². The SMILES string of the molecule is O=C(O)OC1=CC=COC1. The number of carbonyl (C=O) groups is 1. The Kier molecular flexibility index (Phi) is 1.94. The van der Waals surface area contributed by atoms with Crippen molar-refractivity contribution in [3.8, 4) is 0 Å². The highest BCUT2D eigenvalue weighted by molar-refractivity contribution is 5.58. The fraction of sp³-hybridized carbons (Fsp3) is 0.167. The zero-order chi connectivity index (χ0) is 7.40. The normalized spacial score (nSPS) is 15.4. The minimum Gasteiger partial charge on any atom is -0.493 e. The summed E-state index contributed by atoms with van der Waals surface area (Å²) < 4.78 is 9.04. The average Bonchev–Trinajstić information content (AvgIpc) is 1.88. The Morgan fingerprint density at radius 2 is 2.60 bits per heavy atom. The largest absolute Gasteiger partial charge is 0.511 e. The maximum atomic E-state index is 9.92. The third-order valence-corrected chi connectivity index (χ3v) is 0.901. The Labute approximate surface area is 57.4 Å². The molecule has 0 saturated carbocycles. The molecule has 1 N–H and O–H groups in total. The van der Waals surface area contributed by atoms with Crippen molar-refractivity contribution >= 4 is 6.16 Å². The molecule has 0 aromatic carbocycles. The lowest BCUT2D eigenvalue weighted by molar-refractivity contribution is 0.102. The van der Waals surface area contributed by atoms with Crippen LogP contribution in [0.3, 0.4) is 0 Å². The Hall–Kier alpha value is -1.45. The van der Waals surface area contributed by atoms with Crippen LogP contribution in [-0.4, -0.2) is 17.9 Å². The van der Waals surface area contributed by atoms with Crippen molar-refractivity contribution < 1.29 is 19.4 Å². The molecule has 1 aliphatic rings. The van der Waals surface area contributed by atoms with E-state index >= 15 is 0 Å². The van der Waals surface area contributed by atoms with Gasteiger partial charge in [0.05, 0.1) is 6.26 Å². The molecule has 10 heavy (non-hydrogen) atoms. The Morgan fingerprint density at radius 3 is 3.10 bits per heavy atom. The van der Waals surface area contributed by atoms with Gasteiger partial charge in [-0.1, -0.05) is 0 Å². The highest BCUT2D eigenvalue weighted by Crippen LogP contribution is 2.04. The van der Waals surface area contributed by atoms with Crippen LogP contribution in [0.15, 0.2) is 24.2 Å². The molecule has 0 bridgehead atoms. The number of carboxylic acid groups (broad SMARTS) is 1. The van der Waals surface area contributed by atoms with E-state index in [9.17, 15) is 4.79 Å². The zero-order valence-electron chi connectivity index (χ0n) is 5.11. The van der Waals surface area contributed by atoms with Gasteiger partial charge in [-0.3, -0.25) is 0 Å². The molecule has 0 radical (unpaired) electrons. The van der Waals surface area contributed by atoms with E-state index < -0.39 is 6.16 Å². The molecular weight excluding hydrogens is 136 g/mol. The molecule has 0 saturated heterocycles. The lowest BCUT2D eigenvalue weighted by Crippen LogP contribution is -2.06. The van der Waals surface area contributed by atoms with Crippen LogP contribution in [0, 0.1) is 0 Å². The van der Waals surface area contributed by atoms with Crippen molar-refractivity contribution in [2.45, 2.75) is 0 Å². The third kappa shape index (κ3) is 1.81. The standard InChI is InChI=1S/C6H6O4/c7-6(8)10-5-2-1-3-9-4-5/h1-3H,4H2,(H,7,8). The summed E-state index contributed by atoms with van der Waals surface area (Å²) in [6, 6.07) is 0. The minimum atomic E-state index is -1.31. The number of rotatable bonds is 1. The van der Waals surface area contributed by atoms with Crippen LogP contribution >= 0.6 is 0 Å². The maximum Gasteiger partial charge on any atom is 0.511 e. The molecule has 0 fully saturated rings. The van der Waals surface area contributed by atoms with Crippen LogP contribution in [0.2, 0.25) is 0 Å². The molecule has 0 atom stereocenters. The second-order valence-electron chi connectivity index (χ2n) is 1.64. The van der Waals surface area contributed by atoms with Crippen molar-refractivity contribution in [3.63, 3.8) is 0 Å². The van der Waals surface area contributed by atoms with Crippen LogP contribution in [0.5, 0.6) is 0 Å². The molecule has 1 rings (SSSR count). The second-order valence-corrected chi connectivity index (χ2v) is 1.64. The first kappa shape index (κ1) is 6.67. The Balaban J connectivity index is 2.47. The van der Waals surface area contributed by atoms with Crippen LogP contribution in [-0.2, 0) is 9.47 Å². The Morgan fingerprint density at radius 1 is 1.80 bits per heavy atom. The fourth-order valence-corrected chi connectivity index (χ4v) is 0.556. The van der Waals surface area contributed by atoms with Gasteiger partial charge >= 0.3 is 6.16 Å². The highest BCUT2D eigenvalue weighted by Gasteiger charge is 2.04. The van der Waals surface area contributed by atoms with Gasteiger partial charge in [-0.25, -0.2) is 4.79 Å². The van der Waals surface area contributed by atoms with Crippen LogP contribution in [0.25, 0.3) is 0 Å². The second kappa shape index (κ2) is 2.91. The van der Waals surface area contributed by atoms with E-state index in [1.807, 2.05) is 0 Å². The molecule has 0 aromatic rings. The topological polar surface area (TPSA) is 55.8 Å². The van der Waals surface area contributed by atoms with Crippen molar-refractivity contribution in [2.75, 3.05) is 6.61 Å². The molecule has 0 aromatic heterocycles. The lowest BCUT2D eigenvalue weighted by Gasteiger charge is -2.07. The van der Waals surface area contributed by atoms with Crippen molar-refractivity contribution in [2.24, 2.45) is 0 Å². The number of ether oxygens (including phenoxy) is 2. The predicted molar refractivity (Wildman–Crippen MR) is 32.3 cm³/mol. The summed E-state index contributed by atoms with van der Waals surface area (Å²) in [5, 5.41) is 8.12. The van der Waals surface area contributed by atoms with Gasteiger partial charge in [-0.05, 0) is 12.2 Å². The molecule has 0 unspecified atom stereocenters. The first-order valence-electron chi connectivity index (χ1n) is 2.67. The number of hydrogen-bond acceptors (Lipinski definition) is 3. The van der Waals surface area contributed by atoms with Crippen LogP contribution < -0.4 is 0 Å². The zero-order valence-corrected chi connectivity index (χ0v) is 5.11. The lowest BCUT2D eigenvalue weighted by atomic mass is 10.4. The molecule has 4 nitrogen and oxygen atoms in total. The molecule has 0 spiro atoms. The summed E-state index contributed by atoms with van der Waals surface area (Å²) in [5.41, 5.74) is 0. The molecule has 0 amide bonds. The van der Waals surface area contributed by atoms with Crippen molar-refractivity contribution in [1.82, 2.24) is 0 Å².